The van der Waals surface area contributed by atoms with Crippen LogP contribution in [0.15, 0.2) is 47.1 Å². The monoisotopic (exact) mass is 335 g/mol. The van der Waals surface area contributed by atoms with Gasteiger partial charge in [-0.25, -0.2) is 0 Å². The minimum Gasteiger partial charge on any atom is -0.305 e. The molecule has 0 bridgehead atoms. The lowest BCUT2D eigenvalue weighted by Gasteiger charge is -2.14. The highest BCUT2D eigenvalue weighted by atomic mass is 79.9. The highest BCUT2D eigenvalue weighted by molar-refractivity contribution is 9.10. The van der Waals surface area contributed by atoms with Gasteiger partial charge in [0.05, 0.1) is 15.1 Å². The maximum atomic E-state index is 10.9. The lowest BCUT2D eigenvalue weighted by atomic mass is 10.1. The van der Waals surface area contributed by atoms with Gasteiger partial charge in [-0.15, -0.1) is 0 Å². The van der Waals surface area contributed by atoms with E-state index in [1.807, 2.05) is 31.2 Å². The summed E-state index contributed by atoms with van der Waals surface area (Å²) in [7, 11) is 0. The molecular formula is C14H14BrN3O2. The molecule has 0 aliphatic heterocycles. The van der Waals surface area contributed by atoms with E-state index >= 15 is 0 Å². The Labute approximate surface area is 125 Å². The van der Waals surface area contributed by atoms with Gasteiger partial charge < -0.3 is 5.32 Å². The summed E-state index contributed by atoms with van der Waals surface area (Å²) in [5.74, 6) is 0. The van der Waals surface area contributed by atoms with E-state index in [4.69, 9.17) is 0 Å². The van der Waals surface area contributed by atoms with Crippen LogP contribution in [0.5, 0.6) is 0 Å². The zero-order valence-electron chi connectivity index (χ0n) is 10.9. The molecule has 0 aliphatic carbocycles. The first-order chi connectivity index (χ1) is 9.59. The first-order valence-corrected chi connectivity index (χ1v) is 6.95. The van der Waals surface area contributed by atoms with Crippen LogP contribution >= 0.6 is 15.9 Å². The van der Waals surface area contributed by atoms with Crippen LogP contribution in [0.1, 0.15) is 24.2 Å². The third-order valence-electron chi connectivity index (χ3n) is 2.99. The molecular weight excluding hydrogens is 322 g/mol. The van der Waals surface area contributed by atoms with Crippen molar-refractivity contribution in [3.8, 4) is 0 Å². The van der Waals surface area contributed by atoms with Gasteiger partial charge in [0.15, 0.2) is 0 Å². The zero-order chi connectivity index (χ0) is 14.5. The second-order valence-corrected chi connectivity index (χ2v) is 5.16. The quantitative estimate of drug-likeness (QED) is 0.669. The number of benzene rings is 1. The van der Waals surface area contributed by atoms with E-state index in [-0.39, 0.29) is 11.7 Å². The van der Waals surface area contributed by atoms with Gasteiger partial charge in [-0.3, -0.25) is 15.1 Å². The predicted molar refractivity (Wildman–Crippen MR) is 80.3 cm³/mol. The van der Waals surface area contributed by atoms with Crippen LogP contribution in [0.3, 0.4) is 0 Å². The van der Waals surface area contributed by atoms with E-state index < -0.39 is 4.92 Å². The molecule has 0 fully saturated rings. The van der Waals surface area contributed by atoms with Gasteiger partial charge in [-0.05, 0) is 40.5 Å². The van der Waals surface area contributed by atoms with E-state index in [2.05, 4.69) is 26.2 Å². The lowest BCUT2D eigenvalue weighted by Crippen LogP contribution is -2.19. The number of hydrogen-bond donors (Lipinski definition) is 1. The van der Waals surface area contributed by atoms with Crippen LogP contribution < -0.4 is 5.32 Å². The van der Waals surface area contributed by atoms with Crippen molar-refractivity contribution in [3.05, 3.63) is 68.4 Å². The van der Waals surface area contributed by atoms with Crippen molar-refractivity contribution in [1.82, 2.24) is 10.3 Å². The Morgan fingerprint density at radius 2 is 2.15 bits per heavy atom. The fourth-order valence-corrected chi connectivity index (χ4v) is 2.39. The SMILES string of the molecule is C[C@H](NCc1cccc([N+](=O)[O-])c1Br)c1ccccn1. The van der Waals surface area contributed by atoms with Crippen LogP contribution in [-0.2, 0) is 6.54 Å². The molecule has 0 saturated heterocycles. The number of pyridine rings is 1. The van der Waals surface area contributed by atoms with Gasteiger partial charge in [-0.1, -0.05) is 18.2 Å². The molecule has 1 atom stereocenters. The normalized spacial score (nSPS) is 12.1. The topological polar surface area (TPSA) is 68.1 Å². The lowest BCUT2D eigenvalue weighted by molar-refractivity contribution is -0.385. The average molecular weight is 336 g/mol. The summed E-state index contributed by atoms with van der Waals surface area (Å²) >= 11 is 3.29. The van der Waals surface area contributed by atoms with Crippen LogP contribution in [0, 0.1) is 10.1 Å². The summed E-state index contributed by atoms with van der Waals surface area (Å²) < 4.78 is 0.519. The summed E-state index contributed by atoms with van der Waals surface area (Å²) in [4.78, 5) is 14.8. The molecule has 0 amide bonds. The van der Waals surface area contributed by atoms with Crippen molar-refractivity contribution in [2.45, 2.75) is 19.5 Å². The fourth-order valence-electron chi connectivity index (χ4n) is 1.84. The molecule has 5 nitrogen and oxygen atoms in total. The summed E-state index contributed by atoms with van der Waals surface area (Å²) in [5, 5.41) is 14.2. The first kappa shape index (κ1) is 14.6. The Balaban J connectivity index is 2.08. The minimum absolute atomic E-state index is 0.0716. The number of hydrogen-bond acceptors (Lipinski definition) is 4. The first-order valence-electron chi connectivity index (χ1n) is 6.15. The van der Waals surface area contributed by atoms with Gasteiger partial charge in [0.1, 0.15) is 0 Å². The number of nitrogens with zero attached hydrogens (tertiary/aromatic N) is 2. The maximum Gasteiger partial charge on any atom is 0.283 e. The average Bonchev–Trinajstić information content (AvgIpc) is 2.46. The van der Waals surface area contributed by atoms with Crippen LogP contribution in [0.4, 0.5) is 5.69 Å². The molecule has 20 heavy (non-hydrogen) atoms. The molecule has 0 radical (unpaired) electrons. The molecule has 1 aromatic carbocycles. The summed E-state index contributed by atoms with van der Waals surface area (Å²) in [6, 6.07) is 10.8. The standard InChI is InChI=1S/C14H14BrN3O2/c1-10(12-6-2-3-8-16-12)17-9-11-5-4-7-13(14(11)15)18(19)20/h2-8,10,17H,9H2,1H3/t10-/m0/s1. The van der Waals surface area contributed by atoms with Gasteiger partial charge >= 0.3 is 0 Å². The van der Waals surface area contributed by atoms with Crippen molar-refractivity contribution < 1.29 is 4.92 Å². The van der Waals surface area contributed by atoms with Gasteiger partial charge in [0, 0.05) is 24.8 Å². The summed E-state index contributed by atoms with van der Waals surface area (Å²) in [6.45, 7) is 2.54. The minimum atomic E-state index is -0.393. The predicted octanol–water partition coefficient (Wildman–Crippen LogP) is 3.60. The molecule has 1 heterocycles. The zero-order valence-corrected chi connectivity index (χ0v) is 12.5. The summed E-state index contributed by atoms with van der Waals surface area (Å²) in [6.07, 6.45) is 1.75. The van der Waals surface area contributed by atoms with Crippen LogP contribution in [0.2, 0.25) is 0 Å². The number of nitro benzene ring substituents is 1. The fraction of sp³-hybridized carbons (Fsp3) is 0.214. The number of nitrogens with one attached hydrogen (secondary N) is 1. The van der Waals surface area contributed by atoms with Crippen molar-refractivity contribution in [1.29, 1.82) is 0 Å². The van der Waals surface area contributed by atoms with E-state index in [1.165, 1.54) is 6.07 Å². The molecule has 0 unspecified atom stereocenters. The van der Waals surface area contributed by atoms with Crippen LogP contribution in [0.25, 0.3) is 0 Å². The number of aromatic nitrogens is 1. The molecule has 0 spiro atoms. The van der Waals surface area contributed by atoms with Crippen molar-refractivity contribution in [3.63, 3.8) is 0 Å². The van der Waals surface area contributed by atoms with Crippen molar-refractivity contribution >= 4 is 21.6 Å². The van der Waals surface area contributed by atoms with Crippen molar-refractivity contribution in [2.75, 3.05) is 0 Å². The molecule has 6 heteroatoms. The molecule has 0 aliphatic rings. The molecule has 2 rings (SSSR count). The molecule has 104 valence electrons. The molecule has 1 N–H and O–H groups in total. The van der Waals surface area contributed by atoms with Gasteiger partial charge in [0.25, 0.3) is 5.69 Å². The Bertz CT molecular complexity index is 605. The molecule has 0 saturated carbocycles. The van der Waals surface area contributed by atoms with E-state index in [0.717, 1.165) is 11.3 Å². The Kier molecular flexibility index (Phi) is 4.81. The molecule has 2 aromatic rings. The number of halogens is 1. The van der Waals surface area contributed by atoms with E-state index in [0.29, 0.717) is 11.0 Å². The Hall–Kier alpha value is -1.79. The van der Waals surface area contributed by atoms with Gasteiger partial charge in [0.2, 0.25) is 0 Å². The van der Waals surface area contributed by atoms with E-state index in [9.17, 15) is 10.1 Å². The Morgan fingerprint density at radius 3 is 2.80 bits per heavy atom. The number of rotatable bonds is 5. The van der Waals surface area contributed by atoms with E-state index in [1.54, 1.807) is 12.3 Å². The van der Waals surface area contributed by atoms with Gasteiger partial charge in [-0.2, -0.15) is 0 Å². The highest BCUT2D eigenvalue weighted by Gasteiger charge is 2.15. The second kappa shape index (κ2) is 6.58. The van der Waals surface area contributed by atoms with Crippen molar-refractivity contribution in [2.24, 2.45) is 0 Å². The number of nitro groups is 1. The third kappa shape index (κ3) is 3.40. The summed E-state index contributed by atoms with van der Waals surface area (Å²) in [5.41, 5.74) is 1.87. The smallest absolute Gasteiger partial charge is 0.283 e. The Morgan fingerprint density at radius 1 is 1.35 bits per heavy atom. The third-order valence-corrected chi connectivity index (χ3v) is 3.90. The maximum absolute atomic E-state index is 10.9. The largest absolute Gasteiger partial charge is 0.305 e. The van der Waals surface area contributed by atoms with Crippen LogP contribution in [-0.4, -0.2) is 9.91 Å². The second-order valence-electron chi connectivity index (χ2n) is 4.36. The highest BCUT2D eigenvalue weighted by Crippen LogP contribution is 2.28. The molecule has 1 aromatic heterocycles.